The van der Waals surface area contributed by atoms with Crippen LogP contribution in [0.4, 0.5) is 0 Å². The lowest BCUT2D eigenvalue weighted by atomic mass is 9.97. The van der Waals surface area contributed by atoms with Crippen molar-refractivity contribution in [3.8, 4) is 5.75 Å². The minimum absolute atomic E-state index is 0.0726. The first-order valence-corrected chi connectivity index (χ1v) is 14.4. The van der Waals surface area contributed by atoms with E-state index in [9.17, 15) is 14.4 Å². The first kappa shape index (κ1) is 27.8. The van der Waals surface area contributed by atoms with E-state index in [2.05, 4.69) is 35.4 Å². The van der Waals surface area contributed by atoms with Crippen molar-refractivity contribution < 1.29 is 14.3 Å². The van der Waals surface area contributed by atoms with E-state index in [1.165, 1.54) is 6.42 Å². The molecule has 2 N–H and O–H groups in total. The topological polar surface area (TPSA) is 108 Å². The van der Waals surface area contributed by atoms with E-state index in [-0.39, 0.29) is 17.4 Å². The highest BCUT2D eigenvalue weighted by Gasteiger charge is 2.40. The highest BCUT2D eigenvalue weighted by Crippen LogP contribution is 2.33. The molecule has 40 heavy (non-hydrogen) atoms. The van der Waals surface area contributed by atoms with Gasteiger partial charge in [-0.25, -0.2) is 5.10 Å². The fraction of sp³-hybridized carbons (Fsp3) is 0.484. The number of H-pyrrole nitrogens is 1. The molecule has 6 rings (SSSR count). The summed E-state index contributed by atoms with van der Waals surface area (Å²) in [7, 11) is 0. The van der Waals surface area contributed by atoms with Crippen LogP contribution in [0.3, 0.4) is 0 Å². The number of aromatic nitrogens is 2. The SMILES string of the molecule is CC1(C(=O)N2CCN(C(=O)c3cc(Cc4n[nH]c(=O)c5ccccc45)cc4c3OCC4)CC2)CCCN1.CCC. The number of nitrogens with zero attached hydrogens (tertiary/aromatic N) is 3. The number of hydrogen-bond acceptors (Lipinski definition) is 6. The van der Waals surface area contributed by atoms with Gasteiger partial charge < -0.3 is 19.9 Å². The van der Waals surface area contributed by atoms with Gasteiger partial charge in [-0.3, -0.25) is 14.4 Å². The Morgan fingerprint density at radius 3 is 2.45 bits per heavy atom. The van der Waals surface area contributed by atoms with Gasteiger partial charge >= 0.3 is 0 Å². The molecule has 0 spiro atoms. The van der Waals surface area contributed by atoms with Gasteiger partial charge in [-0.2, -0.15) is 5.10 Å². The number of aromatic amines is 1. The number of carbonyl (C=O) groups is 2. The quantitative estimate of drug-likeness (QED) is 0.521. The molecule has 0 aliphatic carbocycles. The van der Waals surface area contributed by atoms with Gasteiger partial charge in [0, 0.05) is 44.4 Å². The van der Waals surface area contributed by atoms with Crippen molar-refractivity contribution in [1.82, 2.24) is 25.3 Å². The van der Waals surface area contributed by atoms with E-state index in [4.69, 9.17) is 4.74 Å². The van der Waals surface area contributed by atoms with Crippen LogP contribution in [-0.4, -0.2) is 76.7 Å². The van der Waals surface area contributed by atoms with E-state index in [0.717, 1.165) is 48.0 Å². The van der Waals surface area contributed by atoms with Crippen molar-refractivity contribution in [3.05, 3.63) is 69.1 Å². The fourth-order valence-electron chi connectivity index (χ4n) is 5.84. The summed E-state index contributed by atoms with van der Waals surface area (Å²) >= 11 is 0. The van der Waals surface area contributed by atoms with Crippen molar-refractivity contribution in [2.24, 2.45) is 0 Å². The average Bonchev–Trinajstić information content (AvgIpc) is 3.64. The molecule has 1 atom stereocenters. The monoisotopic (exact) mass is 545 g/mol. The number of carbonyl (C=O) groups excluding carboxylic acids is 2. The highest BCUT2D eigenvalue weighted by atomic mass is 16.5. The number of amides is 2. The van der Waals surface area contributed by atoms with Gasteiger partial charge in [0.15, 0.2) is 0 Å². The van der Waals surface area contributed by atoms with Crippen LogP contribution in [0.2, 0.25) is 0 Å². The van der Waals surface area contributed by atoms with Crippen LogP contribution >= 0.6 is 0 Å². The molecule has 2 fully saturated rings. The van der Waals surface area contributed by atoms with Crippen LogP contribution in [0.15, 0.2) is 41.2 Å². The van der Waals surface area contributed by atoms with Gasteiger partial charge in [-0.05, 0) is 49.6 Å². The number of piperazine rings is 1. The predicted octanol–water partition coefficient (Wildman–Crippen LogP) is 3.29. The van der Waals surface area contributed by atoms with E-state index in [1.54, 1.807) is 6.07 Å². The lowest BCUT2D eigenvalue weighted by Crippen LogP contribution is -2.58. The van der Waals surface area contributed by atoms with Crippen molar-refractivity contribution in [2.45, 2.75) is 58.4 Å². The molecule has 9 heteroatoms. The lowest BCUT2D eigenvalue weighted by molar-refractivity contribution is -0.138. The Labute approximate surface area is 234 Å². The molecule has 0 radical (unpaired) electrons. The summed E-state index contributed by atoms with van der Waals surface area (Å²) < 4.78 is 5.89. The van der Waals surface area contributed by atoms with Gasteiger partial charge in [-0.1, -0.05) is 44.5 Å². The van der Waals surface area contributed by atoms with Gasteiger partial charge in [0.25, 0.3) is 11.5 Å². The number of rotatable bonds is 4. The predicted molar refractivity (Wildman–Crippen MR) is 155 cm³/mol. The number of nitrogens with one attached hydrogen (secondary N) is 2. The largest absolute Gasteiger partial charge is 0.492 e. The maximum Gasteiger partial charge on any atom is 0.272 e. The van der Waals surface area contributed by atoms with Crippen LogP contribution in [0.1, 0.15) is 67.2 Å². The lowest BCUT2D eigenvalue weighted by Gasteiger charge is -2.38. The summed E-state index contributed by atoms with van der Waals surface area (Å²) in [5, 5.41) is 11.7. The molecular weight excluding hydrogens is 506 g/mol. The number of ether oxygens (including phenoxy) is 1. The van der Waals surface area contributed by atoms with Crippen LogP contribution in [-0.2, 0) is 17.6 Å². The number of hydrogen-bond donors (Lipinski definition) is 2. The number of benzene rings is 2. The molecule has 3 aliphatic rings. The van der Waals surface area contributed by atoms with Crippen molar-refractivity contribution in [1.29, 1.82) is 0 Å². The molecule has 212 valence electrons. The van der Waals surface area contributed by atoms with Crippen LogP contribution in [0, 0.1) is 0 Å². The minimum Gasteiger partial charge on any atom is -0.492 e. The van der Waals surface area contributed by atoms with Gasteiger partial charge in [-0.15, -0.1) is 0 Å². The van der Waals surface area contributed by atoms with Crippen LogP contribution in [0.5, 0.6) is 5.75 Å². The zero-order chi connectivity index (χ0) is 28.3. The maximum absolute atomic E-state index is 13.7. The van der Waals surface area contributed by atoms with E-state index in [1.807, 2.05) is 41.0 Å². The molecule has 3 aromatic rings. The molecule has 1 aromatic heterocycles. The molecule has 1 unspecified atom stereocenters. The second-order valence-electron chi connectivity index (χ2n) is 11.1. The molecule has 0 bridgehead atoms. The third-order valence-corrected chi connectivity index (χ3v) is 7.92. The van der Waals surface area contributed by atoms with E-state index < -0.39 is 5.54 Å². The van der Waals surface area contributed by atoms with Crippen LogP contribution in [0.25, 0.3) is 10.8 Å². The highest BCUT2D eigenvalue weighted by molar-refractivity contribution is 5.98. The summed E-state index contributed by atoms with van der Waals surface area (Å²) in [6, 6.07) is 11.4. The Balaban J connectivity index is 0.00000103. The molecular formula is C31H39N5O4. The Kier molecular flexibility index (Phi) is 8.21. The summed E-state index contributed by atoms with van der Waals surface area (Å²) in [4.78, 5) is 42.7. The van der Waals surface area contributed by atoms with Crippen LogP contribution < -0.4 is 15.6 Å². The summed E-state index contributed by atoms with van der Waals surface area (Å²) in [6.45, 7) is 9.68. The maximum atomic E-state index is 13.7. The summed E-state index contributed by atoms with van der Waals surface area (Å²) in [6.07, 6.45) is 4.34. The first-order chi connectivity index (χ1) is 19.3. The summed E-state index contributed by atoms with van der Waals surface area (Å²) in [5.41, 5.74) is 2.58. The Morgan fingerprint density at radius 1 is 1.05 bits per heavy atom. The number of fused-ring (bicyclic) bond motifs is 2. The third-order valence-electron chi connectivity index (χ3n) is 7.92. The first-order valence-electron chi connectivity index (χ1n) is 14.4. The third kappa shape index (κ3) is 5.47. The van der Waals surface area contributed by atoms with E-state index in [0.29, 0.717) is 55.9 Å². The van der Waals surface area contributed by atoms with E-state index >= 15 is 0 Å². The van der Waals surface area contributed by atoms with Gasteiger partial charge in [0.1, 0.15) is 5.75 Å². The average molecular weight is 546 g/mol. The van der Waals surface area contributed by atoms with Gasteiger partial charge in [0.05, 0.1) is 28.8 Å². The standard InChI is InChI=1S/C28H31N5O4.C3H8/c1-28(8-4-9-29-28)27(36)33-12-10-32(11-13-33)26(35)22-16-18(15-19-7-14-37-24(19)22)17-23-20-5-2-3-6-21(20)25(34)31-30-23;1-3-2/h2-3,5-6,15-16,29H,4,7-14,17H2,1H3,(H,31,34);3H2,1-2H3. The van der Waals surface area contributed by atoms with Crippen molar-refractivity contribution in [2.75, 3.05) is 39.3 Å². The van der Waals surface area contributed by atoms with Crippen molar-refractivity contribution in [3.63, 3.8) is 0 Å². The Hall–Kier alpha value is -3.72. The molecule has 9 nitrogen and oxygen atoms in total. The zero-order valence-corrected chi connectivity index (χ0v) is 23.7. The second-order valence-corrected chi connectivity index (χ2v) is 11.1. The summed E-state index contributed by atoms with van der Waals surface area (Å²) in [5.74, 6) is 0.717. The molecule has 0 saturated carbocycles. The van der Waals surface area contributed by atoms with Crippen molar-refractivity contribution >= 4 is 22.6 Å². The molecule has 4 heterocycles. The molecule has 2 saturated heterocycles. The van der Waals surface area contributed by atoms with Gasteiger partial charge in [0.2, 0.25) is 5.91 Å². The molecule has 2 aromatic carbocycles. The Morgan fingerprint density at radius 2 is 1.75 bits per heavy atom. The Bertz CT molecular complexity index is 1450. The zero-order valence-electron chi connectivity index (χ0n) is 23.7. The minimum atomic E-state index is -0.491. The normalized spacial score (nSPS) is 20.1. The smallest absolute Gasteiger partial charge is 0.272 e. The molecule has 3 aliphatic heterocycles. The fourth-order valence-corrected chi connectivity index (χ4v) is 5.84. The second kappa shape index (κ2) is 11.8. The molecule has 2 amide bonds.